The Hall–Kier alpha value is -2.23. The highest BCUT2D eigenvalue weighted by Gasteiger charge is 2.09. The number of guanidine groups is 1. The molecule has 2 N–H and O–H groups in total. The van der Waals surface area contributed by atoms with Gasteiger partial charge in [0.1, 0.15) is 11.9 Å². The highest BCUT2D eigenvalue weighted by atomic mass is 127. The monoisotopic (exact) mass is 499 g/mol. The van der Waals surface area contributed by atoms with Gasteiger partial charge in [-0.25, -0.2) is 4.98 Å². The minimum absolute atomic E-state index is 0. The van der Waals surface area contributed by atoms with Crippen molar-refractivity contribution in [3.8, 4) is 11.5 Å². The molecule has 2 rings (SSSR count). The van der Waals surface area contributed by atoms with Gasteiger partial charge in [-0.3, -0.25) is 4.99 Å². The SMILES string of the molecule is CN=C(NCc1cccc(N(C)C)n1)NCC(C)Oc1ccccc1OC.I. The molecule has 1 aromatic heterocycles. The third-order valence-electron chi connectivity index (χ3n) is 3.87. The van der Waals surface area contributed by atoms with Crippen LogP contribution in [-0.2, 0) is 6.54 Å². The number of nitrogens with zero attached hydrogens (tertiary/aromatic N) is 3. The lowest BCUT2D eigenvalue weighted by molar-refractivity contribution is 0.213. The number of pyridine rings is 1. The lowest BCUT2D eigenvalue weighted by Crippen LogP contribution is -2.41. The predicted molar refractivity (Wildman–Crippen MR) is 125 cm³/mol. The Morgan fingerprint density at radius 2 is 1.82 bits per heavy atom. The first kappa shape index (κ1) is 23.8. The van der Waals surface area contributed by atoms with Crippen molar-refractivity contribution in [1.82, 2.24) is 15.6 Å². The molecule has 0 radical (unpaired) electrons. The number of benzene rings is 1. The number of ether oxygens (including phenoxy) is 2. The first-order chi connectivity index (χ1) is 13.0. The average Bonchev–Trinajstić information content (AvgIpc) is 2.68. The van der Waals surface area contributed by atoms with Crippen LogP contribution in [0, 0.1) is 0 Å². The third-order valence-corrected chi connectivity index (χ3v) is 3.87. The van der Waals surface area contributed by atoms with E-state index in [9.17, 15) is 0 Å². The summed E-state index contributed by atoms with van der Waals surface area (Å²) in [6.07, 6.45) is -0.0601. The molecule has 7 nitrogen and oxygen atoms in total. The highest BCUT2D eigenvalue weighted by Crippen LogP contribution is 2.26. The van der Waals surface area contributed by atoms with Gasteiger partial charge in [-0.05, 0) is 31.2 Å². The van der Waals surface area contributed by atoms with Gasteiger partial charge in [-0.2, -0.15) is 0 Å². The largest absolute Gasteiger partial charge is 0.493 e. The summed E-state index contributed by atoms with van der Waals surface area (Å²) in [5, 5.41) is 6.54. The molecule has 0 bridgehead atoms. The fourth-order valence-corrected chi connectivity index (χ4v) is 2.42. The van der Waals surface area contributed by atoms with Crippen LogP contribution in [-0.4, -0.2) is 51.8 Å². The Labute approximate surface area is 184 Å². The van der Waals surface area contributed by atoms with Crippen molar-refractivity contribution >= 4 is 35.8 Å². The van der Waals surface area contributed by atoms with Gasteiger partial charge in [-0.15, -0.1) is 24.0 Å². The van der Waals surface area contributed by atoms with E-state index in [1.807, 2.05) is 68.4 Å². The Morgan fingerprint density at radius 1 is 1.11 bits per heavy atom. The number of aliphatic imine (C=N–C) groups is 1. The van der Waals surface area contributed by atoms with Crippen LogP contribution in [0.5, 0.6) is 11.5 Å². The molecule has 0 saturated carbocycles. The number of anilines is 1. The molecular formula is C20H30IN5O2. The zero-order chi connectivity index (χ0) is 19.6. The van der Waals surface area contributed by atoms with Gasteiger partial charge in [0.15, 0.2) is 17.5 Å². The molecule has 0 amide bonds. The number of methoxy groups -OCH3 is 1. The molecule has 1 aromatic carbocycles. The Kier molecular flexibility index (Phi) is 10.4. The maximum absolute atomic E-state index is 5.95. The van der Waals surface area contributed by atoms with Crippen molar-refractivity contribution in [2.45, 2.75) is 19.6 Å². The molecule has 0 aliphatic heterocycles. The molecule has 154 valence electrons. The van der Waals surface area contributed by atoms with Crippen molar-refractivity contribution in [3.63, 3.8) is 0 Å². The smallest absolute Gasteiger partial charge is 0.191 e. The van der Waals surface area contributed by atoms with Gasteiger partial charge >= 0.3 is 0 Å². The van der Waals surface area contributed by atoms with E-state index in [1.54, 1.807) is 14.2 Å². The summed E-state index contributed by atoms with van der Waals surface area (Å²) >= 11 is 0. The molecule has 2 aromatic rings. The van der Waals surface area contributed by atoms with Crippen molar-refractivity contribution in [2.24, 2.45) is 4.99 Å². The highest BCUT2D eigenvalue weighted by molar-refractivity contribution is 14.0. The van der Waals surface area contributed by atoms with E-state index < -0.39 is 0 Å². The van der Waals surface area contributed by atoms with Gasteiger partial charge < -0.3 is 25.0 Å². The van der Waals surface area contributed by atoms with E-state index in [4.69, 9.17) is 9.47 Å². The lowest BCUT2D eigenvalue weighted by atomic mass is 10.3. The van der Waals surface area contributed by atoms with Crippen molar-refractivity contribution in [1.29, 1.82) is 0 Å². The van der Waals surface area contributed by atoms with Gasteiger partial charge in [0.05, 0.1) is 25.9 Å². The van der Waals surface area contributed by atoms with Crippen molar-refractivity contribution in [2.75, 3.05) is 39.7 Å². The topological polar surface area (TPSA) is 71.0 Å². The lowest BCUT2D eigenvalue weighted by Gasteiger charge is -2.19. The molecular weight excluding hydrogens is 469 g/mol. The summed E-state index contributed by atoms with van der Waals surface area (Å²) in [6.45, 7) is 3.18. The predicted octanol–water partition coefficient (Wildman–Crippen LogP) is 2.91. The van der Waals surface area contributed by atoms with Crippen LogP contribution in [0.4, 0.5) is 5.82 Å². The van der Waals surface area contributed by atoms with Crippen LogP contribution >= 0.6 is 24.0 Å². The number of halogens is 1. The average molecular weight is 499 g/mol. The molecule has 0 spiro atoms. The van der Waals surface area contributed by atoms with Crippen LogP contribution < -0.4 is 25.0 Å². The summed E-state index contributed by atoms with van der Waals surface area (Å²) in [5.41, 5.74) is 0.947. The van der Waals surface area contributed by atoms with E-state index in [-0.39, 0.29) is 30.1 Å². The number of rotatable bonds is 8. The number of hydrogen-bond donors (Lipinski definition) is 2. The molecule has 0 aliphatic rings. The van der Waals surface area contributed by atoms with Crippen molar-refractivity contribution < 1.29 is 9.47 Å². The first-order valence-electron chi connectivity index (χ1n) is 8.91. The molecule has 1 atom stereocenters. The second-order valence-corrected chi connectivity index (χ2v) is 6.27. The molecule has 0 fully saturated rings. The minimum Gasteiger partial charge on any atom is -0.493 e. The van der Waals surface area contributed by atoms with E-state index >= 15 is 0 Å². The van der Waals surface area contributed by atoms with Crippen LogP contribution in [0.1, 0.15) is 12.6 Å². The van der Waals surface area contributed by atoms with E-state index in [2.05, 4.69) is 20.6 Å². The number of aromatic nitrogens is 1. The summed E-state index contributed by atoms with van der Waals surface area (Å²) in [5.74, 6) is 3.07. The second kappa shape index (κ2) is 12.3. The Morgan fingerprint density at radius 3 is 2.46 bits per heavy atom. The van der Waals surface area contributed by atoms with E-state index in [0.29, 0.717) is 19.0 Å². The summed E-state index contributed by atoms with van der Waals surface area (Å²) in [6, 6.07) is 13.6. The maximum atomic E-state index is 5.95. The van der Waals surface area contributed by atoms with Gasteiger partial charge in [0, 0.05) is 21.1 Å². The normalized spacial score (nSPS) is 11.8. The number of para-hydroxylation sites is 2. The standard InChI is InChI=1S/C20H29N5O2.HI/c1-15(27-18-11-7-6-10-17(18)26-5)13-22-20(21-2)23-14-16-9-8-12-19(24-16)25(3)4;/h6-12,15H,13-14H2,1-5H3,(H2,21,22,23);1H. The molecule has 8 heteroatoms. The maximum Gasteiger partial charge on any atom is 0.191 e. The third kappa shape index (κ3) is 7.41. The molecule has 1 heterocycles. The zero-order valence-electron chi connectivity index (χ0n) is 17.1. The molecule has 0 aliphatic carbocycles. The quantitative estimate of drug-likeness (QED) is 0.331. The van der Waals surface area contributed by atoms with Crippen LogP contribution in [0.25, 0.3) is 0 Å². The Bertz CT molecular complexity index is 755. The van der Waals surface area contributed by atoms with Crippen LogP contribution in [0.2, 0.25) is 0 Å². The second-order valence-electron chi connectivity index (χ2n) is 6.27. The summed E-state index contributed by atoms with van der Waals surface area (Å²) in [7, 11) is 7.33. The van der Waals surface area contributed by atoms with Crippen LogP contribution in [0.3, 0.4) is 0 Å². The van der Waals surface area contributed by atoms with Gasteiger partial charge in [0.2, 0.25) is 0 Å². The number of hydrogen-bond acceptors (Lipinski definition) is 5. The first-order valence-corrected chi connectivity index (χ1v) is 8.91. The van der Waals surface area contributed by atoms with Gasteiger partial charge in [0.25, 0.3) is 0 Å². The van der Waals surface area contributed by atoms with E-state index in [0.717, 1.165) is 23.0 Å². The molecule has 28 heavy (non-hydrogen) atoms. The molecule has 0 saturated heterocycles. The van der Waals surface area contributed by atoms with Crippen LogP contribution in [0.15, 0.2) is 47.5 Å². The zero-order valence-corrected chi connectivity index (χ0v) is 19.4. The van der Waals surface area contributed by atoms with Crippen molar-refractivity contribution in [3.05, 3.63) is 48.2 Å². The minimum atomic E-state index is -0.0601. The van der Waals surface area contributed by atoms with E-state index in [1.165, 1.54) is 0 Å². The molecule has 1 unspecified atom stereocenters. The Balaban J connectivity index is 0.00000392. The fourth-order valence-electron chi connectivity index (χ4n) is 2.42. The summed E-state index contributed by atoms with van der Waals surface area (Å²) in [4.78, 5) is 10.8. The van der Waals surface area contributed by atoms with Gasteiger partial charge in [-0.1, -0.05) is 18.2 Å². The fraction of sp³-hybridized carbons (Fsp3) is 0.400. The summed E-state index contributed by atoms with van der Waals surface area (Å²) < 4.78 is 11.3. The number of nitrogens with one attached hydrogen (secondary N) is 2.